The first-order valence-corrected chi connectivity index (χ1v) is 14.9. The van der Waals surface area contributed by atoms with Crippen LogP contribution in [0.25, 0.3) is 11.0 Å². The van der Waals surface area contributed by atoms with Gasteiger partial charge in [0.25, 0.3) is 5.56 Å². The minimum Gasteiger partial charge on any atom is -0.497 e. The molecule has 10 nitrogen and oxygen atoms in total. The van der Waals surface area contributed by atoms with E-state index in [1.54, 1.807) is 54.6 Å². The number of hydrogen-bond acceptors (Lipinski definition) is 7. The molecule has 0 aliphatic carbocycles. The van der Waals surface area contributed by atoms with Crippen molar-refractivity contribution in [3.63, 3.8) is 0 Å². The number of pyridine rings is 1. The van der Waals surface area contributed by atoms with Gasteiger partial charge >= 0.3 is 0 Å². The van der Waals surface area contributed by atoms with E-state index in [4.69, 9.17) is 13.9 Å². The molecule has 2 aromatic heterocycles. The minimum absolute atomic E-state index is 0. The molecule has 0 radical (unpaired) electrons. The van der Waals surface area contributed by atoms with Crippen molar-refractivity contribution in [3.8, 4) is 11.5 Å². The average molecular weight is 637 g/mol. The third-order valence-corrected chi connectivity index (χ3v) is 8.24. The SMILES string of the molecule is CCN1C(=O)C(C)(C)C(=O)N(C)c2cc(OCCCN(CCn3ccc4occc4c3=O)Cc3ccc(OC)cc3)ccc21.Cl. The van der Waals surface area contributed by atoms with E-state index >= 15 is 0 Å². The van der Waals surface area contributed by atoms with Crippen molar-refractivity contribution in [2.24, 2.45) is 5.41 Å². The molecule has 4 aromatic rings. The zero-order valence-corrected chi connectivity index (χ0v) is 27.3. The third kappa shape index (κ3) is 7.02. The molecule has 0 N–H and O–H groups in total. The number of amides is 2. The van der Waals surface area contributed by atoms with E-state index in [0.717, 1.165) is 24.3 Å². The first kappa shape index (κ1) is 33.6. The molecule has 1 aliphatic heterocycles. The fourth-order valence-corrected chi connectivity index (χ4v) is 5.64. The Labute approximate surface area is 269 Å². The summed E-state index contributed by atoms with van der Waals surface area (Å²) in [7, 11) is 3.35. The maximum Gasteiger partial charge on any atom is 0.261 e. The number of hydrogen-bond donors (Lipinski definition) is 0. The van der Waals surface area contributed by atoms with Crippen LogP contribution in [-0.2, 0) is 22.7 Å². The van der Waals surface area contributed by atoms with Gasteiger partial charge < -0.3 is 28.3 Å². The van der Waals surface area contributed by atoms with Gasteiger partial charge in [-0.15, -0.1) is 12.4 Å². The summed E-state index contributed by atoms with van der Waals surface area (Å²) in [6.07, 6.45) is 4.05. The highest BCUT2D eigenvalue weighted by atomic mass is 35.5. The Hall–Kier alpha value is -4.28. The summed E-state index contributed by atoms with van der Waals surface area (Å²) in [6.45, 7) is 8.80. The number of carbonyl (C=O) groups is 2. The van der Waals surface area contributed by atoms with Crippen LogP contribution in [-0.4, -0.2) is 61.7 Å². The summed E-state index contributed by atoms with van der Waals surface area (Å²) in [5.74, 6) is 0.968. The number of fused-ring (bicyclic) bond motifs is 2. The summed E-state index contributed by atoms with van der Waals surface area (Å²) in [5.41, 5.74) is 1.84. The fraction of sp³-hybridized carbons (Fsp3) is 0.382. The lowest BCUT2D eigenvalue weighted by atomic mass is 9.90. The fourth-order valence-electron chi connectivity index (χ4n) is 5.64. The molecule has 0 atom stereocenters. The van der Waals surface area contributed by atoms with E-state index in [9.17, 15) is 14.4 Å². The van der Waals surface area contributed by atoms with Crippen molar-refractivity contribution < 1.29 is 23.5 Å². The van der Waals surface area contributed by atoms with Gasteiger partial charge in [-0.3, -0.25) is 19.3 Å². The van der Waals surface area contributed by atoms with Gasteiger partial charge in [0.1, 0.15) is 22.5 Å². The monoisotopic (exact) mass is 636 g/mol. The summed E-state index contributed by atoms with van der Waals surface area (Å²) in [4.78, 5) is 44.8. The van der Waals surface area contributed by atoms with Crippen LogP contribution in [0, 0.1) is 5.41 Å². The van der Waals surface area contributed by atoms with Crippen molar-refractivity contribution in [2.75, 3.05) is 50.2 Å². The topological polar surface area (TPSA) is 97.5 Å². The Kier molecular flexibility index (Phi) is 10.6. The maximum absolute atomic E-state index is 13.2. The first-order chi connectivity index (χ1) is 21.1. The molecular formula is C34H41ClN4O6. The van der Waals surface area contributed by atoms with Crippen LogP contribution in [0.5, 0.6) is 11.5 Å². The number of anilines is 2. The van der Waals surface area contributed by atoms with Crippen molar-refractivity contribution in [1.82, 2.24) is 9.47 Å². The molecule has 0 fully saturated rings. The second-order valence-electron chi connectivity index (χ2n) is 11.5. The molecule has 2 aromatic carbocycles. The van der Waals surface area contributed by atoms with Crippen LogP contribution >= 0.6 is 12.4 Å². The van der Waals surface area contributed by atoms with Gasteiger partial charge in [0.2, 0.25) is 11.8 Å². The van der Waals surface area contributed by atoms with Crippen LogP contribution < -0.4 is 24.8 Å². The lowest BCUT2D eigenvalue weighted by Gasteiger charge is -2.27. The lowest BCUT2D eigenvalue weighted by Crippen LogP contribution is -2.47. The molecule has 240 valence electrons. The number of furan rings is 1. The van der Waals surface area contributed by atoms with Gasteiger partial charge in [-0.25, -0.2) is 0 Å². The number of benzene rings is 2. The lowest BCUT2D eigenvalue weighted by molar-refractivity contribution is -0.137. The van der Waals surface area contributed by atoms with Gasteiger partial charge in [-0.2, -0.15) is 0 Å². The van der Waals surface area contributed by atoms with Crippen LogP contribution in [0.3, 0.4) is 0 Å². The molecule has 0 spiro atoms. The van der Waals surface area contributed by atoms with Crippen molar-refractivity contribution >= 4 is 46.6 Å². The Bertz CT molecular complexity index is 1700. The molecule has 0 unspecified atom stereocenters. The normalized spacial score (nSPS) is 14.4. The third-order valence-electron chi connectivity index (χ3n) is 8.24. The molecular weight excluding hydrogens is 596 g/mol. The zero-order chi connectivity index (χ0) is 31.4. The second-order valence-corrected chi connectivity index (χ2v) is 11.5. The Balaban J connectivity index is 0.00000461. The maximum atomic E-state index is 13.2. The molecule has 45 heavy (non-hydrogen) atoms. The van der Waals surface area contributed by atoms with Gasteiger partial charge in [0, 0.05) is 52.0 Å². The molecule has 1 aliphatic rings. The number of carbonyl (C=O) groups excluding carboxylic acids is 2. The van der Waals surface area contributed by atoms with E-state index in [0.29, 0.717) is 60.9 Å². The minimum atomic E-state index is -1.16. The molecule has 3 heterocycles. The molecule has 5 rings (SSSR count). The highest BCUT2D eigenvalue weighted by Crippen LogP contribution is 2.40. The van der Waals surface area contributed by atoms with E-state index < -0.39 is 5.41 Å². The summed E-state index contributed by atoms with van der Waals surface area (Å²) < 4.78 is 18.5. The molecule has 11 heteroatoms. The Morgan fingerprint density at radius 2 is 1.64 bits per heavy atom. The van der Waals surface area contributed by atoms with E-state index in [1.807, 2.05) is 55.5 Å². The van der Waals surface area contributed by atoms with Crippen molar-refractivity contribution in [1.29, 1.82) is 0 Å². The number of halogens is 1. The van der Waals surface area contributed by atoms with E-state index in [2.05, 4.69) is 4.90 Å². The van der Waals surface area contributed by atoms with Gasteiger partial charge in [0.15, 0.2) is 0 Å². The smallest absolute Gasteiger partial charge is 0.261 e. The quantitative estimate of drug-likeness (QED) is 0.153. The zero-order valence-electron chi connectivity index (χ0n) is 26.4. The Morgan fingerprint density at radius 1 is 0.911 bits per heavy atom. The Morgan fingerprint density at radius 3 is 2.36 bits per heavy atom. The van der Waals surface area contributed by atoms with Crippen molar-refractivity contribution in [3.05, 3.63) is 83.0 Å². The second kappa shape index (κ2) is 14.2. The van der Waals surface area contributed by atoms with Crippen LogP contribution in [0.2, 0.25) is 0 Å². The number of methoxy groups -OCH3 is 1. The van der Waals surface area contributed by atoms with Crippen molar-refractivity contribution in [2.45, 2.75) is 40.3 Å². The number of aromatic nitrogens is 1. The standard InChI is InChI=1S/C34H40N4O6.ClH/c1-6-38-28-13-12-26(22-29(28)35(4)32(40)34(2,3)33(38)41)43-20-7-16-36(23-24-8-10-25(42-5)11-9-24)18-19-37-17-14-30-27(31(37)39)15-21-44-30;/h8-15,17,21-22H,6-7,16,18-20,23H2,1-5H3;1H. The predicted octanol–water partition coefficient (Wildman–Crippen LogP) is 5.35. The van der Waals surface area contributed by atoms with Crippen LogP contribution in [0.1, 0.15) is 32.8 Å². The molecule has 0 bridgehead atoms. The van der Waals surface area contributed by atoms with E-state index in [-0.39, 0.29) is 29.8 Å². The molecule has 2 amide bonds. The summed E-state index contributed by atoms with van der Waals surface area (Å²) >= 11 is 0. The van der Waals surface area contributed by atoms with Gasteiger partial charge in [-0.05, 0) is 69.2 Å². The van der Waals surface area contributed by atoms with Gasteiger partial charge in [0.05, 0.1) is 36.7 Å². The number of ether oxygens (including phenoxy) is 2. The van der Waals surface area contributed by atoms with E-state index in [1.165, 1.54) is 6.26 Å². The number of rotatable bonds is 12. The van der Waals surface area contributed by atoms with Crippen LogP contribution in [0.15, 0.2) is 76.3 Å². The summed E-state index contributed by atoms with van der Waals surface area (Å²) in [6, 6.07) is 17.0. The summed E-state index contributed by atoms with van der Waals surface area (Å²) in [5, 5.41) is 0.575. The van der Waals surface area contributed by atoms with Crippen LogP contribution in [0.4, 0.5) is 11.4 Å². The highest BCUT2D eigenvalue weighted by Gasteiger charge is 2.45. The number of nitrogens with zero attached hydrogens (tertiary/aromatic N) is 4. The average Bonchev–Trinajstić information content (AvgIpc) is 3.51. The molecule has 0 saturated carbocycles. The first-order valence-electron chi connectivity index (χ1n) is 14.9. The highest BCUT2D eigenvalue weighted by molar-refractivity contribution is 6.20. The molecule has 0 saturated heterocycles. The van der Waals surface area contributed by atoms with Gasteiger partial charge in [-0.1, -0.05) is 12.1 Å². The predicted molar refractivity (Wildman–Crippen MR) is 178 cm³/mol. The largest absolute Gasteiger partial charge is 0.497 e.